The molecule has 0 fully saturated rings. The highest BCUT2D eigenvalue weighted by molar-refractivity contribution is 7.71. The van der Waals surface area contributed by atoms with Gasteiger partial charge >= 0.3 is 0 Å². The van der Waals surface area contributed by atoms with Crippen LogP contribution in [0.2, 0.25) is 0 Å². The van der Waals surface area contributed by atoms with Crippen LogP contribution in [0.5, 0.6) is 5.75 Å². The number of aromatic amines is 1. The topological polar surface area (TPSA) is 50.8 Å². The highest BCUT2D eigenvalue weighted by Crippen LogP contribution is 2.25. The van der Waals surface area contributed by atoms with E-state index in [0.29, 0.717) is 17.2 Å². The molecule has 4 nitrogen and oxygen atoms in total. The summed E-state index contributed by atoms with van der Waals surface area (Å²) in [5, 5.41) is 0. The van der Waals surface area contributed by atoms with Gasteiger partial charge in [0.1, 0.15) is 16.2 Å². The van der Waals surface area contributed by atoms with Crippen LogP contribution in [0.1, 0.15) is 38.1 Å². The number of rotatable bonds is 4. The van der Waals surface area contributed by atoms with E-state index in [9.17, 15) is 0 Å². The number of nitrogens with zero attached hydrogens (tertiary/aromatic N) is 2. The van der Waals surface area contributed by atoms with Gasteiger partial charge in [0.15, 0.2) is 0 Å². The summed E-state index contributed by atoms with van der Waals surface area (Å²) >= 11 is 5.35. The summed E-state index contributed by atoms with van der Waals surface area (Å²) in [7, 11) is 0. The van der Waals surface area contributed by atoms with Gasteiger partial charge in [-0.1, -0.05) is 26.1 Å². The number of aromatic nitrogens is 3. The molecule has 2 heterocycles. The van der Waals surface area contributed by atoms with E-state index in [-0.39, 0.29) is 0 Å². The second-order valence-electron chi connectivity index (χ2n) is 4.92. The molecule has 20 heavy (non-hydrogen) atoms. The van der Waals surface area contributed by atoms with Crippen LogP contribution in [-0.4, -0.2) is 21.6 Å². The Labute approximate surface area is 124 Å². The summed E-state index contributed by atoms with van der Waals surface area (Å²) in [5.41, 5.74) is 2.88. The molecule has 0 radical (unpaired) electrons. The molecule has 0 atom stereocenters. The maximum atomic E-state index is 5.50. The molecule has 5 heteroatoms. The summed E-state index contributed by atoms with van der Waals surface area (Å²) < 4.78 is 6.13. The van der Waals surface area contributed by atoms with Gasteiger partial charge < -0.3 is 9.72 Å². The van der Waals surface area contributed by atoms with Gasteiger partial charge in [-0.25, -0.2) is 4.98 Å². The fourth-order valence-electron chi connectivity index (χ4n) is 1.91. The van der Waals surface area contributed by atoms with E-state index in [1.54, 1.807) is 12.4 Å². The van der Waals surface area contributed by atoms with Gasteiger partial charge in [0.25, 0.3) is 0 Å². The lowest BCUT2D eigenvalue weighted by atomic mass is 10.1. The van der Waals surface area contributed by atoms with Crippen LogP contribution in [0.4, 0.5) is 0 Å². The van der Waals surface area contributed by atoms with E-state index >= 15 is 0 Å². The number of hydrogen-bond acceptors (Lipinski definition) is 4. The number of nitrogens with one attached hydrogen (secondary N) is 1. The lowest BCUT2D eigenvalue weighted by Crippen LogP contribution is -2.02. The Hall–Kier alpha value is -1.75. The molecule has 106 valence electrons. The Balaban J connectivity index is 2.56. The first-order valence-electron chi connectivity index (χ1n) is 6.72. The van der Waals surface area contributed by atoms with Crippen molar-refractivity contribution in [2.45, 2.75) is 33.6 Å². The van der Waals surface area contributed by atoms with Crippen LogP contribution < -0.4 is 4.74 Å². The molecule has 2 rings (SSSR count). The minimum absolute atomic E-state index is 0.291. The summed E-state index contributed by atoms with van der Waals surface area (Å²) in [6.45, 7) is 8.71. The Morgan fingerprint density at radius 1 is 1.35 bits per heavy atom. The minimum atomic E-state index is 0.291. The van der Waals surface area contributed by atoms with Crippen molar-refractivity contribution < 1.29 is 4.74 Å². The number of ether oxygens (including phenoxy) is 1. The zero-order valence-corrected chi connectivity index (χ0v) is 13.0. The van der Waals surface area contributed by atoms with Gasteiger partial charge in [-0.15, -0.1) is 0 Å². The molecule has 0 aromatic carbocycles. The van der Waals surface area contributed by atoms with Crippen LogP contribution >= 0.6 is 12.2 Å². The van der Waals surface area contributed by atoms with Gasteiger partial charge in [0.05, 0.1) is 18.5 Å². The maximum absolute atomic E-state index is 5.50. The van der Waals surface area contributed by atoms with E-state index < -0.39 is 0 Å². The van der Waals surface area contributed by atoms with E-state index in [2.05, 4.69) is 28.8 Å². The first-order valence-corrected chi connectivity index (χ1v) is 7.12. The summed E-state index contributed by atoms with van der Waals surface area (Å²) in [5.74, 6) is 1.93. The van der Waals surface area contributed by atoms with Crippen molar-refractivity contribution in [3.8, 4) is 17.0 Å². The van der Waals surface area contributed by atoms with Crippen LogP contribution in [0.25, 0.3) is 11.3 Å². The second-order valence-corrected chi connectivity index (χ2v) is 5.31. The standard InChI is InChI=1S/C15H19N3OS/c1-5-19-12-6-11(7-16-8-12)13-10(4)15(20)18-14(17-13)9(2)3/h6-9H,5H2,1-4H3,(H,17,18,20). The molecule has 0 aliphatic carbocycles. The Morgan fingerprint density at radius 3 is 2.75 bits per heavy atom. The fourth-order valence-corrected chi connectivity index (χ4v) is 2.11. The lowest BCUT2D eigenvalue weighted by Gasteiger charge is -2.12. The largest absolute Gasteiger partial charge is 0.492 e. The third-order valence-electron chi connectivity index (χ3n) is 3.03. The van der Waals surface area contributed by atoms with Crippen LogP contribution in [-0.2, 0) is 0 Å². The first-order chi connectivity index (χ1) is 9.52. The van der Waals surface area contributed by atoms with Crippen molar-refractivity contribution in [3.05, 3.63) is 34.5 Å². The average Bonchev–Trinajstić information content (AvgIpc) is 2.42. The molecule has 0 aliphatic heterocycles. The first kappa shape index (κ1) is 14.7. The molecule has 0 aliphatic rings. The SMILES string of the molecule is CCOc1cncc(-c2[nH]c(C(C)C)nc(=S)c2C)c1. The molecule has 0 saturated carbocycles. The Kier molecular flexibility index (Phi) is 4.49. The molecular weight excluding hydrogens is 270 g/mol. The third kappa shape index (κ3) is 3.04. The van der Waals surface area contributed by atoms with Gasteiger partial charge in [-0.2, -0.15) is 0 Å². The quantitative estimate of drug-likeness (QED) is 0.863. The van der Waals surface area contributed by atoms with Gasteiger partial charge in [0.2, 0.25) is 0 Å². The number of hydrogen-bond donors (Lipinski definition) is 1. The van der Waals surface area contributed by atoms with Crippen molar-refractivity contribution >= 4 is 12.2 Å². The maximum Gasteiger partial charge on any atom is 0.138 e. The van der Waals surface area contributed by atoms with E-state index in [4.69, 9.17) is 17.0 Å². The van der Waals surface area contributed by atoms with Crippen molar-refractivity contribution in [3.63, 3.8) is 0 Å². The van der Waals surface area contributed by atoms with E-state index in [1.807, 2.05) is 19.9 Å². The molecule has 2 aromatic rings. The molecule has 0 amide bonds. The second kappa shape index (κ2) is 6.13. The van der Waals surface area contributed by atoms with Gasteiger partial charge in [-0.05, 0) is 19.9 Å². The zero-order valence-electron chi connectivity index (χ0n) is 12.2. The van der Waals surface area contributed by atoms with Crippen molar-refractivity contribution in [1.82, 2.24) is 15.0 Å². The molecule has 0 saturated heterocycles. The lowest BCUT2D eigenvalue weighted by molar-refractivity contribution is 0.339. The molecular formula is C15H19N3OS. The monoisotopic (exact) mass is 289 g/mol. The zero-order chi connectivity index (χ0) is 14.7. The normalized spacial score (nSPS) is 10.8. The van der Waals surface area contributed by atoms with Crippen LogP contribution in [0.3, 0.4) is 0 Å². The highest BCUT2D eigenvalue weighted by atomic mass is 32.1. The van der Waals surface area contributed by atoms with Gasteiger partial charge in [0, 0.05) is 23.2 Å². The van der Waals surface area contributed by atoms with Crippen molar-refractivity contribution in [1.29, 1.82) is 0 Å². The van der Waals surface area contributed by atoms with Gasteiger partial charge in [-0.3, -0.25) is 4.98 Å². The molecule has 0 unspecified atom stereocenters. The Bertz CT molecular complexity index is 664. The summed E-state index contributed by atoms with van der Waals surface area (Å²) in [6.07, 6.45) is 3.52. The predicted octanol–water partition coefficient (Wildman–Crippen LogP) is 4.03. The third-order valence-corrected chi connectivity index (χ3v) is 3.43. The van der Waals surface area contributed by atoms with Crippen LogP contribution in [0.15, 0.2) is 18.5 Å². The predicted molar refractivity (Wildman–Crippen MR) is 82.6 cm³/mol. The number of H-pyrrole nitrogens is 1. The molecule has 2 aromatic heterocycles. The number of pyridine rings is 1. The summed E-state index contributed by atoms with van der Waals surface area (Å²) in [4.78, 5) is 12.0. The van der Waals surface area contributed by atoms with Crippen molar-refractivity contribution in [2.24, 2.45) is 0 Å². The Morgan fingerprint density at radius 2 is 2.10 bits per heavy atom. The minimum Gasteiger partial charge on any atom is -0.492 e. The highest BCUT2D eigenvalue weighted by Gasteiger charge is 2.10. The summed E-state index contributed by atoms with van der Waals surface area (Å²) in [6, 6.07) is 1.97. The fraction of sp³-hybridized carbons (Fsp3) is 0.400. The molecule has 0 spiro atoms. The molecule has 1 N–H and O–H groups in total. The smallest absolute Gasteiger partial charge is 0.138 e. The average molecular weight is 289 g/mol. The van der Waals surface area contributed by atoms with E-state index in [1.165, 1.54) is 0 Å². The van der Waals surface area contributed by atoms with Crippen molar-refractivity contribution in [2.75, 3.05) is 6.61 Å². The molecule has 0 bridgehead atoms. The van der Waals surface area contributed by atoms with Crippen LogP contribution in [0, 0.1) is 11.6 Å². The van der Waals surface area contributed by atoms with E-state index in [0.717, 1.165) is 28.4 Å².